The van der Waals surface area contributed by atoms with Crippen molar-refractivity contribution in [2.24, 2.45) is 18.5 Å². The highest BCUT2D eigenvalue weighted by Gasteiger charge is 2.29. The monoisotopic (exact) mass is 594 g/mol. The first-order valence-electron chi connectivity index (χ1n) is 15.5. The van der Waals surface area contributed by atoms with E-state index >= 15 is 0 Å². The number of rotatable bonds is 7. The second-order valence-electron chi connectivity index (χ2n) is 12.1. The Morgan fingerprint density at radius 1 is 0.773 bits per heavy atom. The van der Waals surface area contributed by atoms with Crippen molar-refractivity contribution in [2.75, 3.05) is 0 Å². The second kappa shape index (κ2) is 12.1. The number of nitrogens with two attached hydrogens (primary N) is 2. The SMILES string of the molecule is Cn1c(-c2ccc(/C=C(/C(N)=O)c3ccc(C(N)=O)cc3)cc2)nc2c(=O)n(C3CCCCC3)c(=O)n(C3CCCCC3)c21. The highest BCUT2D eigenvalue weighted by molar-refractivity contribution is 6.23. The Hall–Kier alpha value is -4.73. The fraction of sp³-hybridized carbons (Fsp3) is 0.382. The van der Waals surface area contributed by atoms with Crippen LogP contribution < -0.4 is 22.7 Å². The predicted molar refractivity (Wildman–Crippen MR) is 171 cm³/mol. The maximum atomic E-state index is 14.1. The average molecular weight is 595 g/mol. The molecule has 10 nitrogen and oxygen atoms in total. The molecule has 0 spiro atoms. The van der Waals surface area contributed by atoms with Gasteiger partial charge in [0.2, 0.25) is 11.8 Å². The topological polar surface area (TPSA) is 148 Å². The molecule has 4 N–H and O–H groups in total. The van der Waals surface area contributed by atoms with E-state index in [9.17, 15) is 19.2 Å². The summed E-state index contributed by atoms with van der Waals surface area (Å²) in [5.74, 6) is -0.566. The van der Waals surface area contributed by atoms with Gasteiger partial charge in [-0.3, -0.25) is 23.5 Å². The number of nitrogens with zero attached hydrogens (tertiary/aromatic N) is 4. The van der Waals surface area contributed by atoms with E-state index in [1.165, 1.54) is 4.57 Å². The van der Waals surface area contributed by atoms with Gasteiger partial charge in [0.1, 0.15) is 5.82 Å². The number of amides is 2. The third kappa shape index (κ3) is 5.40. The van der Waals surface area contributed by atoms with Gasteiger partial charge in [0, 0.05) is 35.8 Å². The fourth-order valence-corrected chi connectivity index (χ4v) is 6.91. The molecular weight excluding hydrogens is 556 g/mol. The molecule has 2 heterocycles. The van der Waals surface area contributed by atoms with Crippen molar-refractivity contribution >= 4 is 34.6 Å². The van der Waals surface area contributed by atoms with Gasteiger partial charge < -0.3 is 16.0 Å². The third-order valence-electron chi connectivity index (χ3n) is 9.23. The lowest BCUT2D eigenvalue weighted by atomic mass is 9.94. The highest BCUT2D eigenvalue weighted by atomic mass is 16.2. The maximum Gasteiger partial charge on any atom is 0.333 e. The minimum atomic E-state index is -0.605. The van der Waals surface area contributed by atoms with E-state index in [1.54, 1.807) is 30.3 Å². The zero-order valence-electron chi connectivity index (χ0n) is 25.0. The summed E-state index contributed by atoms with van der Waals surface area (Å²) in [6, 6.07) is 13.8. The molecule has 44 heavy (non-hydrogen) atoms. The molecule has 0 unspecified atom stereocenters. The largest absolute Gasteiger partial charge is 0.366 e. The first kappa shape index (κ1) is 29.3. The second-order valence-corrected chi connectivity index (χ2v) is 12.1. The standard InChI is InChI=1S/C34H38N6O4/c1-38-31(24-14-12-21(13-15-24)20-27(30(36)42)22-16-18-23(19-17-22)29(35)41)37-28-32(38)39(25-8-4-2-5-9-25)34(44)40(33(28)43)26-10-6-3-7-11-26/h12-20,25-26H,2-11H2,1H3,(H2,35,41)(H2,36,42)/b27-20+. The number of aromatic nitrogens is 4. The van der Waals surface area contributed by atoms with Gasteiger partial charge in [-0.1, -0.05) is 74.9 Å². The van der Waals surface area contributed by atoms with E-state index in [2.05, 4.69) is 0 Å². The van der Waals surface area contributed by atoms with Crippen LogP contribution in [0.15, 0.2) is 58.1 Å². The van der Waals surface area contributed by atoms with Crippen LogP contribution in [-0.2, 0) is 11.8 Å². The highest BCUT2D eigenvalue weighted by Crippen LogP contribution is 2.32. The zero-order chi connectivity index (χ0) is 31.0. The Labute approximate surface area is 255 Å². The van der Waals surface area contributed by atoms with Gasteiger partial charge in [0.05, 0.1) is 0 Å². The van der Waals surface area contributed by atoms with E-state index < -0.39 is 11.8 Å². The predicted octanol–water partition coefficient (Wildman–Crippen LogP) is 4.70. The van der Waals surface area contributed by atoms with Crippen molar-refractivity contribution in [1.29, 1.82) is 0 Å². The Morgan fingerprint density at radius 3 is 1.86 bits per heavy atom. The molecule has 2 aliphatic rings. The van der Waals surface area contributed by atoms with Crippen LogP contribution in [0.3, 0.4) is 0 Å². The first-order chi connectivity index (χ1) is 21.2. The molecule has 10 heteroatoms. The maximum absolute atomic E-state index is 14.1. The minimum absolute atomic E-state index is 0.0363. The van der Waals surface area contributed by atoms with Gasteiger partial charge in [0.15, 0.2) is 11.2 Å². The molecule has 2 saturated carbocycles. The number of hydrogen-bond donors (Lipinski definition) is 2. The van der Waals surface area contributed by atoms with Crippen LogP contribution in [0.1, 0.15) is 97.8 Å². The molecule has 0 radical (unpaired) electrons. The molecule has 6 rings (SSSR count). The van der Waals surface area contributed by atoms with Crippen LogP contribution in [0.5, 0.6) is 0 Å². The van der Waals surface area contributed by atoms with Crippen LogP contribution in [0, 0.1) is 0 Å². The number of imidazole rings is 1. The summed E-state index contributed by atoms with van der Waals surface area (Å²) in [7, 11) is 1.86. The summed E-state index contributed by atoms with van der Waals surface area (Å²) in [4.78, 5) is 56.6. The van der Waals surface area contributed by atoms with Crippen molar-refractivity contribution in [1.82, 2.24) is 18.7 Å². The Kier molecular flexibility index (Phi) is 8.07. The number of aryl methyl sites for hydroxylation is 1. The normalized spacial score (nSPS) is 16.8. The molecular formula is C34H38N6O4. The number of benzene rings is 2. The van der Waals surface area contributed by atoms with E-state index in [0.29, 0.717) is 28.1 Å². The van der Waals surface area contributed by atoms with Crippen LogP contribution in [0.25, 0.3) is 34.2 Å². The van der Waals surface area contributed by atoms with Gasteiger partial charge in [-0.25, -0.2) is 9.78 Å². The number of carbonyl (C=O) groups is 2. The summed E-state index contributed by atoms with van der Waals surface area (Å²) in [5, 5.41) is 0. The van der Waals surface area contributed by atoms with E-state index in [4.69, 9.17) is 16.5 Å². The van der Waals surface area contributed by atoms with Gasteiger partial charge >= 0.3 is 5.69 Å². The molecule has 2 aliphatic carbocycles. The molecule has 2 aromatic heterocycles. The molecule has 228 valence electrons. The van der Waals surface area contributed by atoms with Gasteiger partial charge in [-0.05, 0) is 55.0 Å². The van der Waals surface area contributed by atoms with Crippen LogP contribution >= 0.6 is 0 Å². The first-order valence-corrected chi connectivity index (χ1v) is 15.5. The summed E-state index contributed by atoms with van der Waals surface area (Å²) in [6.07, 6.45) is 11.6. The van der Waals surface area contributed by atoms with Crippen LogP contribution in [0.4, 0.5) is 0 Å². The van der Waals surface area contributed by atoms with Crippen LogP contribution in [-0.4, -0.2) is 30.5 Å². The molecule has 0 aliphatic heterocycles. The smallest absolute Gasteiger partial charge is 0.333 e. The van der Waals surface area contributed by atoms with Gasteiger partial charge in [-0.15, -0.1) is 0 Å². The van der Waals surface area contributed by atoms with Gasteiger partial charge in [-0.2, -0.15) is 0 Å². The minimum Gasteiger partial charge on any atom is -0.366 e. The summed E-state index contributed by atoms with van der Waals surface area (Å²) in [6.45, 7) is 0. The van der Waals surface area contributed by atoms with Crippen molar-refractivity contribution in [2.45, 2.75) is 76.3 Å². The third-order valence-corrected chi connectivity index (χ3v) is 9.23. The number of carbonyl (C=O) groups excluding carboxylic acids is 2. The number of primary amides is 2. The van der Waals surface area contributed by atoms with Crippen molar-refractivity contribution < 1.29 is 9.59 Å². The quantitative estimate of drug-likeness (QED) is 0.235. The molecule has 4 aromatic rings. The van der Waals surface area contributed by atoms with Crippen molar-refractivity contribution in [3.8, 4) is 11.4 Å². The molecule has 0 bridgehead atoms. The fourth-order valence-electron chi connectivity index (χ4n) is 6.91. The lowest BCUT2D eigenvalue weighted by Crippen LogP contribution is -2.44. The molecule has 2 amide bonds. The van der Waals surface area contributed by atoms with Crippen LogP contribution in [0.2, 0.25) is 0 Å². The summed E-state index contributed by atoms with van der Waals surface area (Å²) < 4.78 is 5.24. The van der Waals surface area contributed by atoms with E-state index in [-0.39, 0.29) is 28.9 Å². The Bertz CT molecular complexity index is 1870. The average Bonchev–Trinajstić information content (AvgIpc) is 3.38. The molecule has 0 saturated heterocycles. The number of fused-ring (bicyclic) bond motifs is 1. The lowest BCUT2D eigenvalue weighted by molar-refractivity contribution is -0.112. The zero-order valence-corrected chi connectivity index (χ0v) is 25.0. The Morgan fingerprint density at radius 2 is 1.32 bits per heavy atom. The summed E-state index contributed by atoms with van der Waals surface area (Å²) >= 11 is 0. The van der Waals surface area contributed by atoms with E-state index in [0.717, 1.165) is 75.3 Å². The van der Waals surface area contributed by atoms with Crippen molar-refractivity contribution in [3.63, 3.8) is 0 Å². The molecule has 2 aromatic carbocycles. The molecule has 2 fully saturated rings. The van der Waals surface area contributed by atoms with E-state index in [1.807, 2.05) is 40.4 Å². The number of hydrogen-bond acceptors (Lipinski definition) is 5. The summed E-state index contributed by atoms with van der Waals surface area (Å²) in [5.41, 5.74) is 14.1. The lowest BCUT2D eigenvalue weighted by Gasteiger charge is -2.28. The van der Waals surface area contributed by atoms with Crippen molar-refractivity contribution in [3.05, 3.63) is 86.1 Å². The van der Waals surface area contributed by atoms with Gasteiger partial charge in [0.25, 0.3) is 5.56 Å². The molecule has 0 atom stereocenters. The Balaban J connectivity index is 1.42.